The van der Waals surface area contributed by atoms with Crippen LogP contribution in [-0.4, -0.2) is 50.7 Å². The first-order valence-electron chi connectivity index (χ1n) is 13.6. The lowest BCUT2D eigenvalue weighted by atomic mass is 9.82. The summed E-state index contributed by atoms with van der Waals surface area (Å²) in [5.41, 5.74) is 1.94. The van der Waals surface area contributed by atoms with Crippen molar-refractivity contribution in [2.45, 2.75) is 31.4 Å². The molecular weight excluding hydrogens is 518 g/mol. The summed E-state index contributed by atoms with van der Waals surface area (Å²) in [6.07, 6.45) is 6.17. The highest BCUT2D eigenvalue weighted by molar-refractivity contribution is 6.08. The van der Waals surface area contributed by atoms with Crippen LogP contribution in [0.15, 0.2) is 97.2 Å². The third-order valence-electron chi connectivity index (χ3n) is 7.60. The lowest BCUT2D eigenvalue weighted by Crippen LogP contribution is -2.43. The summed E-state index contributed by atoms with van der Waals surface area (Å²) in [4.78, 5) is 27.4. The second kappa shape index (κ2) is 11.9. The summed E-state index contributed by atoms with van der Waals surface area (Å²) in [5, 5.41) is 33.0. The summed E-state index contributed by atoms with van der Waals surface area (Å²) in [7, 11) is 1.63. The SMILES string of the molecule is C[C@@H](/C=C/CCn1cc(C(CO)c2ccccc2)nn1)[C@]1(O)C(=O)N(C)c2ccc(NC(=O)c3ccccc3)cc21. The van der Waals surface area contributed by atoms with Crippen LogP contribution in [0.4, 0.5) is 11.4 Å². The van der Waals surface area contributed by atoms with Crippen molar-refractivity contribution in [1.29, 1.82) is 0 Å². The van der Waals surface area contributed by atoms with Gasteiger partial charge >= 0.3 is 0 Å². The van der Waals surface area contributed by atoms with E-state index in [0.29, 0.717) is 41.2 Å². The van der Waals surface area contributed by atoms with Crippen molar-refractivity contribution in [3.8, 4) is 0 Å². The Morgan fingerprint density at radius 3 is 2.49 bits per heavy atom. The maximum absolute atomic E-state index is 13.3. The van der Waals surface area contributed by atoms with Crippen LogP contribution in [0.3, 0.4) is 0 Å². The van der Waals surface area contributed by atoms with Crippen LogP contribution in [0.25, 0.3) is 0 Å². The van der Waals surface area contributed by atoms with Crippen LogP contribution < -0.4 is 10.2 Å². The van der Waals surface area contributed by atoms with Crippen LogP contribution in [-0.2, 0) is 16.9 Å². The van der Waals surface area contributed by atoms with Gasteiger partial charge in [0.05, 0.1) is 23.9 Å². The van der Waals surface area contributed by atoms with Crippen LogP contribution in [0.5, 0.6) is 0 Å². The molecule has 0 saturated carbocycles. The van der Waals surface area contributed by atoms with E-state index in [1.165, 1.54) is 4.90 Å². The Bertz CT molecular complexity index is 1550. The summed E-state index contributed by atoms with van der Waals surface area (Å²) in [5.74, 6) is -1.48. The molecule has 0 spiro atoms. The van der Waals surface area contributed by atoms with E-state index < -0.39 is 17.4 Å². The zero-order valence-corrected chi connectivity index (χ0v) is 23.0. The van der Waals surface area contributed by atoms with Gasteiger partial charge in [-0.15, -0.1) is 5.10 Å². The molecule has 210 valence electrons. The number of aliphatic hydroxyl groups excluding tert-OH is 1. The lowest BCUT2D eigenvalue weighted by molar-refractivity contribution is -0.139. The van der Waals surface area contributed by atoms with Crippen LogP contribution in [0, 0.1) is 5.92 Å². The zero-order chi connectivity index (χ0) is 29.0. The monoisotopic (exact) mass is 551 g/mol. The third kappa shape index (κ3) is 5.54. The number of amides is 2. The lowest BCUT2D eigenvalue weighted by Gasteiger charge is -2.27. The number of benzene rings is 3. The number of hydrogen-bond acceptors (Lipinski definition) is 6. The molecule has 3 aromatic carbocycles. The van der Waals surface area contributed by atoms with Gasteiger partial charge in [-0.2, -0.15) is 0 Å². The Morgan fingerprint density at radius 1 is 1.07 bits per heavy atom. The van der Waals surface area contributed by atoms with E-state index in [1.807, 2.05) is 54.7 Å². The molecule has 41 heavy (non-hydrogen) atoms. The average Bonchev–Trinajstić information content (AvgIpc) is 3.54. The maximum Gasteiger partial charge on any atom is 0.264 e. The molecule has 1 aromatic heterocycles. The Balaban J connectivity index is 1.27. The number of anilines is 2. The Morgan fingerprint density at radius 2 is 1.78 bits per heavy atom. The van der Waals surface area contributed by atoms with E-state index in [-0.39, 0.29) is 18.4 Å². The van der Waals surface area contributed by atoms with E-state index in [9.17, 15) is 19.8 Å². The molecule has 0 saturated heterocycles. The Kier molecular flexibility index (Phi) is 8.09. The highest BCUT2D eigenvalue weighted by Gasteiger charge is 2.51. The van der Waals surface area contributed by atoms with Gasteiger partial charge in [-0.1, -0.05) is 72.8 Å². The van der Waals surface area contributed by atoms with E-state index in [4.69, 9.17) is 0 Å². The van der Waals surface area contributed by atoms with E-state index >= 15 is 0 Å². The minimum absolute atomic E-state index is 0.0691. The quantitative estimate of drug-likeness (QED) is 0.255. The molecule has 1 aliphatic rings. The van der Waals surface area contributed by atoms with Crippen LogP contribution in [0.2, 0.25) is 0 Å². The molecule has 0 radical (unpaired) electrons. The molecule has 1 aliphatic heterocycles. The maximum atomic E-state index is 13.3. The van der Waals surface area contributed by atoms with Crippen molar-refractivity contribution in [3.05, 3.63) is 120 Å². The number of aliphatic hydroxyl groups is 2. The number of rotatable bonds is 10. The molecule has 0 fully saturated rings. The van der Waals surface area contributed by atoms with Crippen molar-refractivity contribution in [1.82, 2.24) is 15.0 Å². The molecule has 0 aliphatic carbocycles. The second-order valence-electron chi connectivity index (χ2n) is 10.2. The first kappa shape index (κ1) is 27.9. The number of aromatic nitrogens is 3. The molecule has 2 amide bonds. The first-order chi connectivity index (χ1) is 19.8. The average molecular weight is 552 g/mol. The molecule has 9 heteroatoms. The highest BCUT2D eigenvalue weighted by atomic mass is 16.3. The van der Waals surface area contributed by atoms with Crippen molar-refractivity contribution in [2.75, 3.05) is 23.9 Å². The fourth-order valence-electron chi connectivity index (χ4n) is 5.21. The minimum atomic E-state index is -1.78. The number of carbonyl (C=O) groups is 2. The number of likely N-dealkylation sites (N-methyl/N-ethyl adjacent to an activating group) is 1. The minimum Gasteiger partial charge on any atom is -0.395 e. The van der Waals surface area contributed by atoms with Gasteiger partial charge < -0.3 is 20.4 Å². The number of aryl methyl sites for hydroxylation is 1. The van der Waals surface area contributed by atoms with Gasteiger partial charge in [0.15, 0.2) is 5.60 Å². The normalized spacial score (nSPS) is 18.0. The Labute approximate surface area is 238 Å². The fourth-order valence-corrected chi connectivity index (χ4v) is 5.21. The number of nitrogens with one attached hydrogen (secondary N) is 1. The van der Waals surface area contributed by atoms with Crippen LogP contribution >= 0.6 is 0 Å². The second-order valence-corrected chi connectivity index (χ2v) is 10.2. The van der Waals surface area contributed by atoms with Gasteiger partial charge in [0.1, 0.15) is 0 Å². The van der Waals surface area contributed by atoms with Gasteiger partial charge in [0.2, 0.25) is 0 Å². The summed E-state index contributed by atoms with van der Waals surface area (Å²) < 4.78 is 1.72. The topological polar surface area (TPSA) is 121 Å². The molecule has 2 heterocycles. The van der Waals surface area contributed by atoms with Gasteiger partial charge in [-0.3, -0.25) is 14.3 Å². The molecular formula is C32H33N5O4. The predicted octanol–water partition coefficient (Wildman–Crippen LogP) is 4.10. The molecule has 4 aromatic rings. The predicted molar refractivity (Wildman–Crippen MR) is 156 cm³/mol. The van der Waals surface area contributed by atoms with Gasteiger partial charge in [0.25, 0.3) is 11.8 Å². The van der Waals surface area contributed by atoms with Crippen LogP contribution in [0.1, 0.15) is 46.4 Å². The molecule has 3 atom stereocenters. The van der Waals surface area contributed by atoms with E-state index in [1.54, 1.807) is 61.1 Å². The van der Waals surface area contributed by atoms with Crippen molar-refractivity contribution >= 4 is 23.2 Å². The summed E-state index contributed by atoms with van der Waals surface area (Å²) >= 11 is 0. The largest absolute Gasteiger partial charge is 0.395 e. The highest BCUT2D eigenvalue weighted by Crippen LogP contribution is 2.45. The third-order valence-corrected chi connectivity index (χ3v) is 7.60. The molecule has 3 N–H and O–H groups in total. The van der Waals surface area contributed by atoms with Crippen molar-refractivity contribution < 1.29 is 19.8 Å². The number of hydrogen-bond donors (Lipinski definition) is 3. The Hall–Kier alpha value is -4.60. The number of fused-ring (bicyclic) bond motifs is 1. The first-order valence-corrected chi connectivity index (χ1v) is 13.6. The summed E-state index contributed by atoms with van der Waals surface area (Å²) in [6.45, 7) is 2.27. The molecule has 0 bridgehead atoms. The molecule has 1 unspecified atom stereocenters. The number of allylic oxidation sites excluding steroid dienone is 1. The summed E-state index contributed by atoms with van der Waals surface area (Å²) in [6, 6.07) is 23.7. The van der Waals surface area contributed by atoms with Gasteiger partial charge in [-0.25, -0.2) is 0 Å². The van der Waals surface area contributed by atoms with Crippen molar-refractivity contribution in [2.24, 2.45) is 5.92 Å². The van der Waals surface area contributed by atoms with Crippen molar-refractivity contribution in [3.63, 3.8) is 0 Å². The number of nitrogens with zero attached hydrogens (tertiary/aromatic N) is 4. The smallest absolute Gasteiger partial charge is 0.264 e. The molecule has 9 nitrogen and oxygen atoms in total. The fraction of sp³-hybridized carbons (Fsp3) is 0.250. The standard InChI is InChI=1S/C32H33N5O4/c1-22(11-9-10-18-37-20-28(34-35-37)26(21-38)23-12-5-3-6-13-23)32(41)27-19-25(16-17-29(27)36(2)31(32)40)33-30(39)24-14-7-4-8-15-24/h3-9,11-17,19-20,22,26,38,41H,10,18,21H2,1-2H3,(H,33,39)/b11-9+/t22-,26?,32+/m0/s1. The zero-order valence-electron chi connectivity index (χ0n) is 23.0. The van der Waals surface area contributed by atoms with E-state index in [2.05, 4.69) is 15.6 Å². The van der Waals surface area contributed by atoms with E-state index in [0.717, 1.165) is 5.56 Å². The molecule has 5 rings (SSSR count). The van der Waals surface area contributed by atoms with Gasteiger partial charge in [0, 0.05) is 42.5 Å². The van der Waals surface area contributed by atoms with Gasteiger partial charge in [-0.05, 0) is 42.3 Å². The number of carbonyl (C=O) groups excluding carboxylic acids is 2.